The van der Waals surface area contributed by atoms with Gasteiger partial charge in [-0.1, -0.05) is 20.8 Å². The zero-order valence-electron chi connectivity index (χ0n) is 12.1. The topological polar surface area (TPSA) is 106 Å². The molecule has 21 heavy (non-hydrogen) atoms. The van der Waals surface area contributed by atoms with Crippen LogP contribution < -0.4 is 4.72 Å². The number of nitro benzene ring substituents is 1. The smallest absolute Gasteiger partial charge is 0.269 e. The van der Waals surface area contributed by atoms with Gasteiger partial charge in [0.2, 0.25) is 10.0 Å². The number of rotatable bonds is 6. The summed E-state index contributed by atoms with van der Waals surface area (Å²) < 4.78 is 26.2. The molecule has 0 atom stereocenters. The van der Waals surface area contributed by atoms with Gasteiger partial charge in [0.15, 0.2) is 0 Å². The van der Waals surface area contributed by atoms with Crippen molar-refractivity contribution >= 4 is 21.5 Å². The molecule has 8 heteroatoms. The van der Waals surface area contributed by atoms with Crippen molar-refractivity contribution < 1.29 is 18.1 Å². The highest BCUT2D eigenvalue weighted by Crippen LogP contribution is 2.17. The summed E-state index contributed by atoms with van der Waals surface area (Å²) in [6.07, 6.45) is 0.0930. The van der Waals surface area contributed by atoms with E-state index in [1.807, 2.05) is 0 Å². The second kappa shape index (κ2) is 6.31. The largest absolute Gasteiger partial charge is 0.299 e. The van der Waals surface area contributed by atoms with Crippen molar-refractivity contribution in [1.82, 2.24) is 4.72 Å². The average Bonchev–Trinajstić information content (AvgIpc) is 2.37. The van der Waals surface area contributed by atoms with Crippen molar-refractivity contribution in [1.29, 1.82) is 0 Å². The van der Waals surface area contributed by atoms with Crippen molar-refractivity contribution in [3.05, 3.63) is 34.4 Å². The number of nitrogens with one attached hydrogen (secondary N) is 1. The average molecular weight is 314 g/mol. The van der Waals surface area contributed by atoms with Crippen LogP contribution in [-0.2, 0) is 14.8 Å². The first-order valence-electron chi connectivity index (χ1n) is 6.31. The lowest BCUT2D eigenvalue weighted by molar-refractivity contribution is -0.384. The number of ketones is 1. The molecule has 0 saturated carbocycles. The van der Waals surface area contributed by atoms with E-state index >= 15 is 0 Å². The molecule has 0 heterocycles. The summed E-state index contributed by atoms with van der Waals surface area (Å²) in [5.74, 6) is -0.0473. The molecule has 0 aliphatic heterocycles. The molecule has 1 aromatic carbocycles. The van der Waals surface area contributed by atoms with Crippen LogP contribution in [0.2, 0.25) is 0 Å². The molecule has 0 unspecified atom stereocenters. The Hall–Kier alpha value is -1.80. The Morgan fingerprint density at radius 2 is 1.76 bits per heavy atom. The molecule has 7 nitrogen and oxygen atoms in total. The molecule has 1 N–H and O–H groups in total. The molecule has 0 bridgehead atoms. The lowest BCUT2D eigenvalue weighted by Gasteiger charge is -2.16. The van der Waals surface area contributed by atoms with E-state index in [4.69, 9.17) is 0 Å². The molecule has 0 aliphatic carbocycles. The van der Waals surface area contributed by atoms with E-state index in [0.29, 0.717) is 0 Å². The molecule has 1 aromatic rings. The van der Waals surface area contributed by atoms with Crippen LogP contribution in [0.5, 0.6) is 0 Å². The number of hydrogen-bond acceptors (Lipinski definition) is 5. The third kappa shape index (κ3) is 4.91. The van der Waals surface area contributed by atoms with Gasteiger partial charge >= 0.3 is 0 Å². The molecule has 0 fully saturated rings. The summed E-state index contributed by atoms with van der Waals surface area (Å²) in [5, 5.41) is 10.5. The van der Waals surface area contributed by atoms with E-state index < -0.39 is 20.4 Å². The molecule has 0 aliphatic rings. The third-order valence-electron chi connectivity index (χ3n) is 2.84. The van der Waals surface area contributed by atoms with Crippen LogP contribution in [0, 0.1) is 15.5 Å². The molecular formula is C13H18N2O5S. The minimum atomic E-state index is -3.77. The van der Waals surface area contributed by atoms with E-state index in [2.05, 4.69) is 4.72 Å². The van der Waals surface area contributed by atoms with Gasteiger partial charge in [-0.05, 0) is 12.1 Å². The molecule has 0 amide bonds. The summed E-state index contributed by atoms with van der Waals surface area (Å²) >= 11 is 0. The summed E-state index contributed by atoms with van der Waals surface area (Å²) in [4.78, 5) is 21.5. The fourth-order valence-electron chi connectivity index (χ4n) is 1.50. The summed E-state index contributed by atoms with van der Waals surface area (Å²) in [6.45, 7) is 5.29. The fraction of sp³-hybridized carbons (Fsp3) is 0.462. The number of hydrogen-bond donors (Lipinski definition) is 1. The minimum Gasteiger partial charge on any atom is -0.299 e. The van der Waals surface area contributed by atoms with E-state index in [-0.39, 0.29) is 29.3 Å². The third-order valence-corrected chi connectivity index (χ3v) is 4.32. The quantitative estimate of drug-likeness (QED) is 0.637. The highest BCUT2D eigenvalue weighted by molar-refractivity contribution is 7.89. The molecule has 0 aromatic heterocycles. The van der Waals surface area contributed by atoms with Crippen LogP contribution in [0.3, 0.4) is 0 Å². The van der Waals surface area contributed by atoms with Crippen LogP contribution in [-0.4, -0.2) is 25.7 Å². The van der Waals surface area contributed by atoms with Crippen molar-refractivity contribution in [2.45, 2.75) is 32.1 Å². The SMILES string of the molecule is CC(C)(C)C(=O)CCNS(=O)(=O)c1ccc([N+](=O)[O-])cc1. The second-order valence-electron chi connectivity index (χ2n) is 5.57. The predicted octanol–water partition coefficient (Wildman–Crippen LogP) is 1.88. The first kappa shape index (κ1) is 17.3. The maximum atomic E-state index is 12.0. The summed E-state index contributed by atoms with van der Waals surface area (Å²) in [5.41, 5.74) is -0.699. The monoisotopic (exact) mass is 314 g/mol. The number of non-ortho nitro benzene ring substituents is 1. The van der Waals surface area contributed by atoms with Crippen LogP contribution >= 0.6 is 0 Å². The molecule has 0 radical (unpaired) electrons. The van der Waals surface area contributed by atoms with Gasteiger partial charge in [0.25, 0.3) is 5.69 Å². The Bertz CT molecular complexity index is 630. The standard InChI is InChI=1S/C13H18N2O5S/c1-13(2,3)12(16)8-9-14-21(19,20)11-6-4-10(5-7-11)15(17)18/h4-7,14H,8-9H2,1-3H3. The zero-order chi connectivity index (χ0) is 16.3. The van der Waals surface area contributed by atoms with Gasteiger partial charge in [-0.25, -0.2) is 13.1 Å². The Balaban J connectivity index is 2.70. The van der Waals surface area contributed by atoms with Crippen LogP contribution in [0.25, 0.3) is 0 Å². The van der Waals surface area contributed by atoms with Gasteiger partial charge in [0.1, 0.15) is 5.78 Å². The highest BCUT2D eigenvalue weighted by Gasteiger charge is 2.22. The lowest BCUT2D eigenvalue weighted by atomic mass is 9.89. The molecule has 0 saturated heterocycles. The van der Waals surface area contributed by atoms with Gasteiger partial charge in [0, 0.05) is 30.5 Å². The van der Waals surface area contributed by atoms with Crippen molar-refractivity contribution in [3.8, 4) is 0 Å². The van der Waals surface area contributed by atoms with E-state index in [0.717, 1.165) is 24.3 Å². The van der Waals surface area contributed by atoms with Crippen LogP contribution in [0.1, 0.15) is 27.2 Å². The van der Waals surface area contributed by atoms with E-state index in [1.54, 1.807) is 20.8 Å². The van der Waals surface area contributed by atoms with Crippen LogP contribution in [0.4, 0.5) is 5.69 Å². The number of nitro groups is 1. The normalized spacial score (nSPS) is 12.1. The number of sulfonamides is 1. The van der Waals surface area contributed by atoms with Crippen molar-refractivity contribution in [2.75, 3.05) is 6.54 Å². The first-order chi connectivity index (χ1) is 9.54. The van der Waals surface area contributed by atoms with Crippen LogP contribution in [0.15, 0.2) is 29.2 Å². The first-order valence-corrected chi connectivity index (χ1v) is 7.80. The number of carbonyl (C=O) groups excluding carboxylic acids is 1. The predicted molar refractivity (Wildman–Crippen MR) is 77.4 cm³/mol. The van der Waals surface area contributed by atoms with Crippen molar-refractivity contribution in [2.24, 2.45) is 5.41 Å². The number of Topliss-reactive ketones (excluding diaryl/α,β-unsaturated/α-hetero) is 1. The molecular weight excluding hydrogens is 296 g/mol. The maximum Gasteiger partial charge on any atom is 0.269 e. The van der Waals surface area contributed by atoms with E-state index in [9.17, 15) is 23.3 Å². The number of nitrogens with zero attached hydrogens (tertiary/aromatic N) is 1. The zero-order valence-corrected chi connectivity index (χ0v) is 12.9. The molecule has 116 valence electrons. The van der Waals surface area contributed by atoms with Crippen molar-refractivity contribution in [3.63, 3.8) is 0 Å². The second-order valence-corrected chi connectivity index (χ2v) is 7.34. The number of carbonyl (C=O) groups is 1. The Morgan fingerprint density at radius 3 is 2.19 bits per heavy atom. The number of benzene rings is 1. The summed E-state index contributed by atoms with van der Waals surface area (Å²) in [6, 6.07) is 4.56. The Morgan fingerprint density at radius 1 is 1.24 bits per heavy atom. The van der Waals surface area contributed by atoms with Gasteiger partial charge < -0.3 is 0 Å². The highest BCUT2D eigenvalue weighted by atomic mass is 32.2. The van der Waals surface area contributed by atoms with Gasteiger partial charge in [0.05, 0.1) is 9.82 Å². The van der Waals surface area contributed by atoms with Gasteiger partial charge in [-0.15, -0.1) is 0 Å². The van der Waals surface area contributed by atoms with E-state index in [1.165, 1.54) is 0 Å². The summed E-state index contributed by atoms with van der Waals surface area (Å²) in [7, 11) is -3.77. The van der Waals surface area contributed by atoms with Gasteiger partial charge in [-0.3, -0.25) is 14.9 Å². The van der Waals surface area contributed by atoms with Gasteiger partial charge in [-0.2, -0.15) is 0 Å². The molecule has 0 spiro atoms. The molecule has 1 rings (SSSR count). The maximum absolute atomic E-state index is 12.0. The lowest BCUT2D eigenvalue weighted by Crippen LogP contribution is -2.29. The fourth-order valence-corrected chi connectivity index (χ4v) is 2.54. The minimum absolute atomic E-state index is 0.00454. The Labute approximate surface area is 123 Å². The Kier molecular flexibility index (Phi) is 5.19.